The third-order valence-electron chi connectivity index (χ3n) is 4.70. The molecule has 0 saturated heterocycles. The molecule has 6 nitrogen and oxygen atoms in total. The minimum Gasteiger partial charge on any atom is -0.497 e. The minimum atomic E-state index is -0.422. The second-order valence-electron chi connectivity index (χ2n) is 6.17. The molecule has 1 heterocycles. The Morgan fingerprint density at radius 1 is 1.20 bits per heavy atom. The van der Waals surface area contributed by atoms with E-state index in [0.29, 0.717) is 13.2 Å². The maximum absolute atomic E-state index is 10.7. The molecule has 0 spiro atoms. The smallest absolute Gasteiger partial charge is 0.222 e. The molecular formula is C19H23NO5. The van der Waals surface area contributed by atoms with Crippen molar-refractivity contribution in [1.82, 2.24) is 0 Å². The van der Waals surface area contributed by atoms with Crippen molar-refractivity contribution >= 4 is 0 Å². The Labute approximate surface area is 147 Å². The van der Waals surface area contributed by atoms with Crippen LogP contribution in [-0.2, 0) is 20.8 Å². The molecule has 0 fully saturated rings. The van der Waals surface area contributed by atoms with Gasteiger partial charge in [0, 0.05) is 24.2 Å². The van der Waals surface area contributed by atoms with E-state index in [9.17, 15) is 4.91 Å². The predicted molar refractivity (Wildman–Crippen MR) is 93.0 cm³/mol. The van der Waals surface area contributed by atoms with Crippen LogP contribution < -0.4 is 4.74 Å². The van der Waals surface area contributed by atoms with Crippen LogP contribution >= 0.6 is 0 Å². The summed E-state index contributed by atoms with van der Waals surface area (Å²) in [5.74, 6) is 0.927. The standard InChI is InChI=1S/C19H23NO5/c1-22-16-6-3-13(4-7-16)10-24-11-15-12-25-19(23-2)18-14(9-20-21)5-8-17(15)18/h3-4,6-7,12,14,19H,5,8-11H2,1-2H3. The first kappa shape index (κ1) is 17.6. The van der Waals surface area contributed by atoms with E-state index >= 15 is 0 Å². The monoisotopic (exact) mass is 345 g/mol. The van der Waals surface area contributed by atoms with Gasteiger partial charge in [0.15, 0.2) is 0 Å². The van der Waals surface area contributed by atoms with Crippen LogP contribution in [0.1, 0.15) is 18.4 Å². The molecule has 6 heteroatoms. The summed E-state index contributed by atoms with van der Waals surface area (Å²) in [4.78, 5) is 10.7. The Morgan fingerprint density at radius 2 is 2.00 bits per heavy atom. The van der Waals surface area contributed by atoms with Gasteiger partial charge < -0.3 is 18.9 Å². The summed E-state index contributed by atoms with van der Waals surface area (Å²) in [5.41, 5.74) is 4.34. The molecule has 2 atom stereocenters. The number of methoxy groups -OCH3 is 2. The molecule has 0 radical (unpaired) electrons. The lowest BCUT2D eigenvalue weighted by molar-refractivity contribution is -0.0638. The maximum Gasteiger partial charge on any atom is 0.222 e. The van der Waals surface area contributed by atoms with Gasteiger partial charge in [-0.25, -0.2) is 0 Å². The highest BCUT2D eigenvalue weighted by atomic mass is 16.7. The Hall–Kier alpha value is -2.18. The lowest BCUT2D eigenvalue weighted by Gasteiger charge is -2.27. The van der Waals surface area contributed by atoms with E-state index in [1.807, 2.05) is 24.3 Å². The van der Waals surface area contributed by atoms with Crippen LogP contribution in [0.25, 0.3) is 0 Å². The Balaban J connectivity index is 1.63. The van der Waals surface area contributed by atoms with Crippen molar-refractivity contribution < 1.29 is 18.9 Å². The zero-order chi connectivity index (χ0) is 17.6. The molecule has 25 heavy (non-hydrogen) atoms. The lowest BCUT2D eigenvalue weighted by Crippen LogP contribution is -2.25. The fourth-order valence-electron chi connectivity index (χ4n) is 3.42. The first-order valence-electron chi connectivity index (χ1n) is 8.37. The van der Waals surface area contributed by atoms with Crippen LogP contribution in [0.2, 0.25) is 0 Å². The molecule has 0 amide bonds. The molecule has 2 unspecified atom stereocenters. The molecule has 1 aliphatic carbocycles. The number of hydrogen-bond donors (Lipinski definition) is 0. The molecule has 0 aromatic heterocycles. The van der Waals surface area contributed by atoms with Gasteiger partial charge in [-0.2, -0.15) is 4.91 Å². The zero-order valence-corrected chi connectivity index (χ0v) is 14.6. The highest BCUT2D eigenvalue weighted by Crippen LogP contribution is 2.42. The normalized spacial score (nSPS) is 22.2. The quantitative estimate of drug-likeness (QED) is 0.674. The maximum atomic E-state index is 10.7. The molecule has 1 aromatic rings. The van der Waals surface area contributed by atoms with Crippen molar-refractivity contribution in [2.45, 2.75) is 25.7 Å². The predicted octanol–water partition coefficient (Wildman–Crippen LogP) is 3.57. The molecule has 134 valence electrons. The van der Waals surface area contributed by atoms with Crippen molar-refractivity contribution in [3.8, 4) is 5.75 Å². The summed E-state index contributed by atoms with van der Waals surface area (Å²) in [6.07, 6.45) is 3.10. The second kappa shape index (κ2) is 8.27. The van der Waals surface area contributed by atoms with Crippen LogP contribution in [0, 0.1) is 10.8 Å². The fourth-order valence-corrected chi connectivity index (χ4v) is 3.42. The van der Waals surface area contributed by atoms with Gasteiger partial charge in [-0.15, -0.1) is 0 Å². The lowest BCUT2D eigenvalue weighted by atomic mass is 9.96. The molecule has 1 aromatic carbocycles. The highest BCUT2D eigenvalue weighted by Gasteiger charge is 2.36. The molecule has 1 aliphatic heterocycles. The first-order chi connectivity index (χ1) is 12.3. The van der Waals surface area contributed by atoms with Crippen molar-refractivity contribution in [2.24, 2.45) is 11.1 Å². The summed E-state index contributed by atoms with van der Waals surface area (Å²) >= 11 is 0. The highest BCUT2D eigenvalue weighted by molar-refractivity contribution is 5.43. The molecule has 2 aliphatic rings. The SMILES string of the molecule is COc1ccc(COCC2=COC(OC)C3=C2CCC3CN=O)cc1. The van der Waals surface area contributed by atoms with E-state index in [0.717, 1.165) is 35.3 Å². The van der Waals surface area contributed by atoms with Gasteiger partial charge >= 0.3 is 0 Å². The summed E-state index contributed by atoms with van der Waals surface area (Å²) in [6.45, 7) is 1.24. The van der Waals surface area contributed by atoms with Crippen LogP contribution in [0.4, 0.5) is 0 Å². The molecule has 3 rings (SSSR count). The van der Waals surface area contributed by atoms with Crippen molar-refractivity contribution in [2.75, 3.05) is 27.4 Å². The number of benzene rings is 1. The van der Waals surface area contributed by atoms with Gasteiger partial charge in [0.05, 0.1) is 33.1 Å². The van der Waals surface area contributed by atoms with Crippen LogP contribution in [0.3, 0.4) is 0 Å². The van der Waals surface area contributed by atoms with Crippen molar-refractivity contribution in [1.29, 1.82) is 0 Å². The third-order valence-corrected chi connectivity index (χ3v) is 4.70. The van der Waals surface area contributed by atoms with Crippen LogP contribution in [-0.4, -0.2) is 33.7 Å². The summed E-state index contributed by atoms with van der Waals surface area (Å²) < 4.78 is 22.1. The number of nitroso groups, excluding NO2 is 1. The van der Waals surface area contributed by atoms with Crippen molar-refractivity contribution in [3.63, 3.8) is 0 Å². The average molecular weight is 345 g/mol. The Kier molecular flexibility index (Phi) is 5.83. The van der Waals surface area contributed by atoms with Gasteiger partial charge in [0.1, 0.15) is 5.75 Å². The van der Waals surface area contributed by atoms with Gasteiger partial charge in [-0.3, -0.25) is 0 Å². The van der Waals surface area contributed by atoms with Crippen LogP contribution in [0.5, 0.6) is 5.75 Å². The molecular weight excluding hydrogens is 322 g/mol. The topological polar surface area (TPSA) is 66.3 Å². The van der Waals surface area contributed by atoms with Gasteiger partial charge in [-0.05, 0) is 36.1 Å². The van der Waals surface area contributed by atoms with E-state index in [-0.39, 0.29) is 12.5 Å². The summed E-state index contributed by atoms with van der Waals surface area (Å²) in [7, 11) is 3.26. The summed E-state index contributed by atoms with van der Waals surface area (Å²) in [6, 6.07) is 7.80. The second-order valence-corrected chi connectivity index (χ2v) is 6.17. The molecule has 0 N–H and O–H groups in total. The van der Waals surface area contributed by atoms with E-state index in [1.165, 1.54) is 5.57 Å². The molecule has 0 saturated carbocycles. The number of nitrogens with zero attached hydrogens (tertiary/aromatic N) is 1. The summed E-state index contributed by atoms with van der Waals surface area (Å²) in [5, 5.41) is 3.06. The Bertz CT molecular complexity index is 665. The van der Waals surface area contributed by atoms with E-state index in [1.54, 1.807) is 20.5 Å². The largest absolute Gasteiger partial charge is 0.497 e. The number of ether oxygens (including phenoxy) is 4. The van der Waals surface area contributed by atoms with E-state index in [4.69, 9.17) is 18.9 Å². The first-order valence-corrected chi connectivity index (χ1v) is 8.37. The van der Waals surface area contributed by atoms with Crippen molar-refractivity contribution in [3.05, 3.63) is 57.7 Å². The Morgan fingerprint density at radius 3 is 2.68 bits per heavy atom. The van der Waals surface area contributed by atoms with Gasteiger partial charge in [-0.1, -0.05) is 17.3 Å². The number of rotatable bonds is 8. The fraction of sp³-hybridized carbons (Fsp3) is 0.474. The zero-order valence-electron chi connectivity index (χ0n) is 14.6. The van der Waals surface area contributed by atoms with E-state index < -0.39 is 6.29 Å². The number of hydrogen-bond acceptors (Lipinski definition) is 6. The van der Waals surface area contributed by atoms with Gasteiger partial charge in [0.25, 0.3) is 0 Å². The van der Waals surface area contributed by atoms with E-state index in [2.05, 4.69) is 5.18 Å². The van der Waals surface area contributed by atoms with Crippen LogP contribution in [0.15, 0.2) is 52.4 Å². The molecule has 0 bridgehead atoms. The van der Waals surface area contributed by atoms with Gasteiger partial charge in [0.2, 0.25) is 6.29 Å². The third kappa shape index (κ3) is 3.91. The minimum absolute atomic E-state index is 0.0998. The average Bonchev–Trinajstić information content (AvgIpc) is 3.07.